The molecule has 0 aliphatic rings. The number of hydrogen-bond acceptors (Lipinski definition) is 3. The molecule has 4 heteroatoms. The highest BCUT2D eigenvalue weighted by Crippen LogP contribution is 2.07. The Morgan fingerprint density at radius 2 is 2.20 bits per heavy atom. The highest BCUT2D eigenvalue weighted by atomic mass is 16.4. The van der Waals surface area contributed by atoms with Gasteiger partial charge in [-0.1, -0.05) is 0 Å². The Morgan fingerprint density at radius 3 is 2.30 bits per heavy atom. The summed E-state index contributed by atoms with van der Waals surface area (Å²) in [6.07, 6.45) is 0.221. The molecular formula is C6H13NO3. The van der Waals surface area contributed by atoms with Crippen LogP contribution < -0.4 is 5.32 Å². The van der Waals surface area contributed by atoms with E-state index in [0.717, 1.165) is 0 Å². The largest absolute Gasteiger partial charge is 0.480 e. The fourth-order valence-corrected chi connectivity index (χ4v) is 0.562. The molecular weight excluding hydrogens is 134 g/mol. The van der Waals surface area contributed by atoms with Crippen LogP contribution in [0, 0.1) is 0 Å². The van der Waals surface area contributed by atoms with Crippen LogP contribution in [0.15, 0.2) is 0 Å². The molecule has 0 aromatic rings. The molecule has 0 aliphatic carbocycles. The van der Waals surface area contributed by atoms with Crippen LogP contribution >= 0.6 is 0 Å². The number of carbonyl (C=O) groups is 1. The van der Waals surface area contributed by atoms with E-state index in [-0.39, 0.29) is 13.0 Å². The second-order valence-corrected chi connectivity index (χ2v) is 2.36. The lowest BCUT2D eigenvalue weighted by atomic mass is 9.99. The van der Waals surface area contributed by atoms with E-state index in [1.54, 1.807) is 7.05 Å². The second kappa shape index (κ2) is 3.53. The van der Waals surface area contributed by atoms with Crippen LogP contribution in [0.4, 0.5) is 0 Å². The summed E-state index contributed by atoms with van der Waals surface area (Å²) in [5.41, 5.74) is -0.991. The zero-order chi connectivity index (χ0) is 8.20. The number of carboxylic acid groups (broad SMARTS) is 1. The number of aliphatic hydroxyl groups is 1. The Hall–Kier alpha value is -0.610. The van der Waals surface area contributed by atoms with Crippen molar-refractivity contribution in [2.75, 3.05) is 13.7 Å². The molecule has 0 aromatic heterocycles. The molecule has 0 rings (SSSR count). The maximum atomic E-state index is 10.5. The molecule has 60 valence electrons. The summed E-state index contributed by atoms with van der Waals surface area (Å²) in [5, 5.41) is 19.7. The number of aliphatic hydroxyl groups excluding tert-OH is 1. The van der Waals surface area contributed by atoms with E-state index in [1.165, 1.54) is 6.92 Å². The van der Waals surface area contributed by atoms with Crippen LogP contribution in [-0.4, -0.2) is 35.4 Å². The van der Waals surface area contributed by atoms with Gasteiger partial charge in [-0.25, -0.2) is 0 Å². The van der Waals surface area contributed by atoms with E-state index in [4.69, 9.17) is 10.2 Å². The maximum Gasteiger partial charge on any atom is 0.323 e. The van der Waals surface area contributed by atoms with Gasteiger partial charge in [-0.05, 0) is 20.4 Å². The Kier molecular flexibility index (Phi) is 3.32. The van der Waals surface area contributed by atoms with Crippen LogP contribution in [-0.2, 0) is 4.79 Å². The molecule has 0 saturated carbocycles. The number of aliphatic carboxylic acids is 1. The summed E-state index contributed by atoms with van der Waals surface area (Å²) in [7, 11) is 1.56. The van der Waals surface area contributed by atoms with E-state index < -0.39 is 11.5 Å². The summed E-state index contributed by atoms with van der Waals surface area (Å²) < 4.78 is 0. The minimum atomic E-state index is -0.991. The Balaban J connectivity index is 4.08. The molecule has 0 fully saturated rings. The smallest absolute Gasteiger partial charge is 0.323 e. The van der Waals surface area contributed by atoms with Crippen molar-refractivity contribution in [1.82, 2.24) is 5.32 Å². The molecule has 0 aromatic carbocycles. The van der Waals surface area contributed by atoms with Gasteiger partial charge < -0.3 is 15.5 Å². The van der Waals surface area contributed by atoms with Gasteiger partial charge in [-0.2, -0.15) is 0 Å². The quantitative estimate of drug-likeness (QED) is 0.498. The molecule has 0 unspecified atom stereocenters. The van der Waals surface area contributed by atoms with E-state index in [0.29, 0.717) is 0 Å². The molecule has 1 atom stereocenters. The van der Waals surface area contributed by atoms with Gasteiger partial charge in [-0.15, -0.1) is 0 Å². The second-order valence-electron chi connectivity index (χ2n) is 2.36. The van der Waals surface area contributed by atoms with Gasteiger partial charge in [0, 0.05) is 6.61 Å². The van der Waals surface area contributed by atoms with E-state index in [2.05, 4.69) is 5.32 Å². The zero-order valence-electron chi connectivity index (χ0n) is 6.22. The van der Waals surface area contributed by atoms with Crippen molar-refractivity contribution in [2.45, 2.75) is 18.9 Å². The normalized spacial score (nSPS) is 16.3. The number of likely N-dealkylation sites (N-methyl/N-ethyl adjacent to an activating group) is 1. The van der Waals surface area contributed by atoms with Gasteiger partial charge in [0.15, 0.2) is 0 Å². The zero-order valence-corrected chi connectivity index (χ0v) is 6.22. The molecule has 0 heterocycles. The first-order valence-corrected chi connectivity index (χ1v) is 3.10. The van der Waals surface area contributed by atoms with E-state index in [9.17, 15) is 4.79 Å². The first-order chi connectivity index (χ1) is 4.56. The van der Waals surface area contributed by atoms with Crippen LogP contribution in [0.5, 0.6) is 0 Å². The third kappa shape index (κ3) is 1.97. The first kappa shape index (κ1) is 9.39. The van der Waals surface area contributed by atoms with E-state index in [1.807, 2.05) is 0 Å². The average Bonchev–Trinajstić information content (AvgIpc) is 1.88. The van der Waals surface area contributed by atoms with Crippen LogP contribution in [0.1, 0.15) is 13.3 Å². The highest BCUT2D eigenvalue weighted by molar-refractivity contribution is 5.78. The van der Waals surface area contributed by atoms with Crippen LogP contribution in [0.25, 0.3) is 0 Å². The molecule has 0 saturated heterocycles. The summed E-state index contributed by atoms with van der Waals surface area (Å²) in [6.45, 7) is 1.41. The van der Waals surface area contributed by atoms with Crippen molar-refractivity contribution < 1.29 is 15.0 Å². The topological polar surface area (TPSA) is 69.6 Å². The first-order valence-electron chi connectivity index (χ1n) is 3.10. The van der Waals surface area contributed by atoms with Gasteiger partial charge in [-0.3, -0.25) is 4.79 Å². The summed E-state index contributed by atoms with van der Waals surface area (Å²) in [5.74, 6) is -0.941. The maximum absolute atomic E-state index is 10.5. The minimum absolute atomic E-state index is 0.121. The number of rotatable bonds is 4. The predicted molar refractivity (Wildman–Crippen MR) is 36.8 cm³/mol. The van der Waals surface area contributed by atoms with Gasteiger partial charge in [0.2, 0.25) is 0 Å². The van der Waals surface area contributed by atoms with Crippen LogP contribution in [0.3, 0.4) is 0 Å². The lowest BCUT2D eigenvalue weighted by Crippen LogP contribution is -2.48. The van der Waals surface area contributed by atoms with Crippen molar-refractivity contribution in [3.63, 3.8) is 0 Å². The fraction of sp³-hybridized carbons (Fsp3) is 0.833. The molecule has 0 spiro atoms. The third-order valence-corrected chi connectivity index (χ3v) is 1.64. The molecule has 0 aliphatic heterocycles. The Bertz CT molecular complexity index is 126. The molecule has 0 bridgehead atoms. The van der Waals surface area contributed by atoms with Crippen molar-refractivity contribution in [1.29, 1.82) is 0 Å². The SMILES string of the molecule is CN[C@](C)(CCO)C(=O)O. The monoisotopic (exact) mass is 147 g/mol. The van der Waals surface area contributed by atoms with Gasteiger partial charge in [0.1, 0.15) is 5.54 Å². The Morgan fingerprint density at radius 1 is 1.70 bits per heavy atom. The number of nitrogens with one attached hydrogen (secondary N) is 1. The summed E-state index contributed by atoms with van der Waals surface area (Å²) in [6, 6.07) is 0. The number of hydrogen-bond donors (Lipinski definition) is 3. The molecule has 4 nitrogen and oxygen atoms in total. The van der Waals surface area contributed by atoms with Crippen LogP contribution in [0.2, 0.25) is 0 Å². The van der Waals surface area contributed by atoms with Crippen molar-refractivity contribution in [2.24, 2.45) is 0 Å². The fourth-order valence-electron chi connectivity index (χ4n) is 0.562. The van der Waals surface area contributed by atoms with Gasteiger partial charge in [0.25, 0.3) is 0 Å². The van der Waals surface area contributed by atoms with Crippen molar-refractivity contribution >= 4 is 5.97 Å². The van der Waals surface area contributed by atoms with E-state index >= 15 is 0 Å². The highest BCUT2D eigenvalue weighted by Gasteiger charge is 2.29. The van der Waals surface area contributed by atoms with Crippen molar-refractivity contribution in [3.8, 4) is 0 Å². The number of carboxylic acids is 1. The molecule has 0 amide bonds. The van der Waals surface area contributed by atoms with Crippen molar-refractivity contribution in [3.05, 3.63) is 0 Å². The van der Waals surface area contributed by atoms with Gasteiger partial charge in [0.05, 0.1) is 0 Å². The predicted octanol–water partition coefficient (Wildman–Crippen LogP) is -0.569. The average molecular weight is 147 g/mol. The van der Waals surface area contributed by atoms with Gasteiger partial charge >= 0.3 is 5.97 Å². The molecule has 0 radical (unpaired) electrons. The lowest BCUT2D eigenvalue weighted by molar-refractivity contribution is -0.144. The standard InChI is InChI=1S/C6H13NO3/c1-6(7-2,3-4-8)5(9)10/h7-8H,3-4H2,1-2H3,(H,9,10)/t6-/m1/s1. The summed E-state index contributed by atoms with van der Waals surface area (Å²) >= 11 is 0. The Labute approximate surface area is 59.9 Å². The third-order valence-electron chi connectivity index (χ3n) is 1.64. The summed E-state index contributed by atoms with van der Waals surface area (Å²) in [4.78, 5) is 10.5. The molecule has 3 N–H and O–H groups in total. The minimum Gasteiger partial charge on any atom is -0.480 e. The molecule has 10 heavy (non-hydrogen) atoms. The lowest BCUT2D eigenvalue weighted by Gasteiger charge is -2.22.